The van der Waals surface area contributed by atoms with Crippen molar-refractivity contribution in [1.82, 2.24) is 30.7 Å². The average molecular weight is 1180 g/mol. The van der Waals surface area contributed by atoms with Crippen LogP contribution in [0.4, 0.5) is 26.7 Å². The molecule has 456 valence electrons. The first-order valence-corrected chi connectivity index (χ1v) is 29.2. The van der Waals surface area contributed by atoms with Crippen molar-refractivity contribution >= 4 is 88.2 Å². The number of carbonyl (C=O) groups is 10. The van der Waals surface area contributed by atoms with Crippen LogP contribution in [0.15, 0.2) is 114 Å². The fourth-order valence-corrected chi connectivity index (χ4v) is 9.91. The van der Waals surface area contributed by atoms with Crippen LogP contribution in [0.1, 0.15) is 131 Å². The van der Waals surface area contributed by atoms with Gasteiger partial charge in [0.15, 0.2) is 11.6 Å². The summed E-state index contributed by atoms with van der Waals surface area (Å²) < 4.78 is 5.57. The van der Waals surface area contributed by atoms with Gasteiger partial charge in [-0.25, -0.2) is 14.6 Å². The fourth-order valence-electron chi connectivity index (χ4n) is 9.91. The normalized spacial score (nSPS) is 13.7. The lowest BCUT2D eigenvalue weighted by Crippen LogP contribution is -2.45. The number of benzene rings is 3. The molecule has 3 heterocycles. The Kier molecular flexibility index (Phi) is 25.4. The number of nitrogens with two attached hydrogens (primary N) is 1. The molecule has 8 N–H and O–H groups in total. The summed E-state index contributed by atoms with van der Waals surface area (Å²) in [5.74, 6) is -3.69. The van der Waals surface area contributed by atoms with Crippen molar-refractivity contribution in [2.45, 2.75) is 130 Å². The molecule has 22 heteroatoms. The molecule has 8 amide bonds. The first-order chi connectivity index (χ1) is 41.3. The first-order valence-electron chi connectivity index (χ1n) is 29.2. The second-order valence-electron chi connectivity index (χ2n) is 21.7. The van der Waals surface area contributed by atoms with Crippen molar-refractivity contribution in [2.75, 3.05) is 36.8 Å². The van der Waals surface area contributed by atoms with Crippen LogP contribution >= 0.6 is 0 Å². The van der Waals surface area contributed by atoms with Crippen LogP contribution in [0.25, 0.3) is 6.08 Å². The minimum absolute atomic E-state index is 0.0141. The number of imide groups is 1. The summed E-state index contributed by atoms with van der Waals surface area (Å²) in [6.07, 6.45) is 9.32. The fraction of sp³-hybridized carbons (Fsp3) is 0.406. The Balaban J connectivity index is 1.01. The number of amidine groups is 1. The number of nitrogens with one attached hydrogen (secondary N) is 5. The molecule has 6 rings (SSSR count). The maximum atomic E-state index is 13.9. The van der Waals surface area contributed by atoms with Crippen molar-refractivity contribution in [1.29, 1.82) is 0 Å². The number of hydrogen-bond donors (Lipinski definition) is 7. The number of anilines is 2. The van der Waals surface area contributed by atoms with E-state index in [0.29, 0.717) is 77.2 Å². The topological polar surface area (TPSA) is 318 Å². The van der Waals surface area contributed by atoms with Gasteiger partial charge in [-0.2, -0.15) is 0 Å². The van der Waals surface area contributed by atoms with Gasteiger partial charge >= 0.3 is 12.2 Å². The van der Waals surface area contributed by atoms with Crippen LogP contribution in [0.5, 0.6) is 0 Å². The van der Waals surface area contributed by atoms with Gasteiger partial charge in [-0.05, 0) is 110 Å². The van der Waals surface area contributed by atoms with E-state index < -0.39 is 42.0 Å². The highest BCUT2D eigenvalue weighted by atomic mass is 16.5. The smallest absolute Gasteiger partial charge is 0.408 e. The van der Waals surface area contributed by atoms with Gasteiger partial charge in [-0.15, -0.1) is 0 Å². The lowest BCUT2D eigenvalue weighted by molar-refractivity contribution is -0.137. The third kappa shape index (κ3) is 20.8. The van der Waals surface area contributed by atoms with Gasteiger partial charge in [-0.1, -0.05) is 82.6 Å². The first kappa shape index (κ1) is 65.8. The minimum Gasteiger partial charge on any atom is -0.465 e. The number of fused-ring (bicyclic) bond motifs is 1. The number of carboxylic acid groups (broad SMARTS) is 1. The molecule has 3 atom stereocenters. The summed E-state index contributed by atoms with van der Waals surface area (Å²) in [5, 5.41) is 22.6. The predicted molar refractivity (Wildman–Crippen MR) is 325 cm³/mol. The highest BCUT2D eigenvalue weighted by Gasteiger charge is 2.31. The van der Waals surface area contributed by atoms with Crippen molar-refractivity contribution in [3.63, 3.8) is 0 Å². The van der Waals surface area contributed by atoms with E-state index in [1.807, 2.05) is 49.1 Å². The van der Waals surface area contributed by atoms with Crippen molar-refractivity contribution < 1.29 is 57.8 Å². The van der Waals surface area contributed by atoms with Gasteiger partial charge in [0.2, 0.25) is 17.7 Å². The number of nitrogens with zero attached hydrogens (tertiary/aromatic N) is 4. The summed E-state index contributed by atoms with van der Waals surface area (Å²) in [4.78, 5) is 141. The van der Waals surface area contributed by atoms with E-state index in [1.165, 1.54) is 18.3 Å². The number of rotatable bonds is 33. The van der Waals surface area contributed by atoms with E-state index in [9.17, 15) is 47.9 Å². The molecule has 0 saturated carbocycles. The van der Waals surface area contributed by atoms with Crippen LogP contribution in [0.3, 0.4) is 0 Å². The Morgan fingerprint density at radius 1 is 0.767 bits per heavy atom. The molecule has 0 radical (unpaired) electrons. The lowest BCUT2D eigenvalue weighted by Gasteiger charge is -2.24. The van der Waals surface area contributed by atoms with E-state index in [1.54, 1.807) is 74.7 Å². The molecule has 3 aromatic carbocycles. The lowest BCUT2D eigenvalue weighted by atomic mass is 9.89. The second kappa shape index (κ2) is 33.2. The molecule has 4 aromatic rings. The predicted octanol–water partition coefficient (Wildman–Crippen LogP) is 7.99. The number of alkyl carbamates (subject to hydrolysis) is 1. The molecule has 2 aliphatic heterocycles. The third-order valence-electron chi connectivity index (χ3n) is 14.4. The van der Waals surface area contributed by atoms with Crippen molar-refractivity contribution in [3.8, 4) is 0 Å². The number of pyridine rings is 1. The number of hydrogen-bond acceptors (Lipinski definition) is 14. The summed E-state index contributed by atoms with van der Waals surface area (Å²) in [7, 11) is 0. The quantitative estimate of drug-likeness (QED) is 0.0176. The Labute approximate surface area is 500 Å². The van der Waals surface area contributed by atoms with Gasteiger partial charge in [0, 0.05) is 98.5 Å². The zero-order valence-electron chi connectivity index (χ0n) is 49.2. The number of Topliss-reactive ketones (excluding diaryl/α,β-unsaturated/α-hetero) is 2. The molecular formula is C64H78N10O12. The summed E-state index contributed by atoms with van der Waals surface area (Å²) in [6, 6.07) is 20.5. The number of ether oxygens (including phenoxy) is 1. The highest BCUT2D eigenvalue weighted by molar-refractivity contribution is 6.13. The van der Waals surface area contributed by atoms with E-state index in [4.69, 9.17) is 15.6 Å². The number of aliphatic imine (C=N–C) groups is 1. The second-order valence-corrected chi connectivity index (χ2v) is 21.7. The number of carbonyl (C=O) groups excluding carboxylic acids is 9. The molecule has 22 nitrogen and oxygen atoms in total. The zero-order chi connectivity index (χ0) is 62.1. The van der Waals surface area contributed by atoms with Gasteiger partial charge < -0.3 is 47.1 Å². The van der Waals surface area contributed by atoms with Crippen LogP contribution in [-0.4, -0.2) is 123 Å². The van der Waals surface area contributed by atoms with Gasteiger partial charge in [0.05, 0.1) is 29.7 Å². The molecule has 1 aromatic heterocycles. The Bertz CT molecular complexity index is 3150. The summed E-state index contributed by atoms with van der Waals surface area (Å²) in [6.45, 7) is 8.96. The molecular weight excluding hydrogens is 1100 g/mol. The van der Waals surface area contributed by atoms with Gasteiger partial charge in [0.25, 0.3) is 17.7 Å². The maximum absolute atomic E-state index is 13.9. The minimum atomic E-state index is -1.23. The number of ketones is 2. The van der Waals surface area contributed by atoms with Crippen LogP contribution in [0, 0.1) is 11.8 Å². The van der Waals surface area contributed by atoms with Crippen molar-refractivity contribution in [3.05, 3.63) is 137 Å². The number of unbranched alkanes of at least 4 members (excludes halogenated alkanes) is 2. The largest absolute Gasteiger partial charge is 0.465 e. The van der Waals surface area contributed by atoms with E-state index >= 15 is 0 Å². The molecule has 0 fully saturated rings. The van der Waals surface area contributed by atoms with Crippen LogP contribution in [0.2, 0.25) is 0 Å². The average Bonchev–Trinajstić information content (AvgIpc) is 3.16. The Morgan fingerprint density at radius 3 is 2.17 bits per heavy atom. The van der Waals surface area contributed by atoms with Gasteiger partial charge in [0.1, 0.15) is 12.4 Å². The Hall–Kier alpha value is -9.34. The molecule has 0 bridgehead atoms. The molecule has 0 aliphatic carbocycles. The molecule has 0 saturated heterocycles. The number of amides is 8. The summed E-state index contributed by atoms with van der Waals surface area (Å²) >= 11 is 0. The Morgan fingerprint density at radius 2 is 1.49 bits per heavy atom. The zero-order valence-corrected chi connectivity index (χ0v) is 49.2. The molecule has 2 aliphatic rings. The van der Waals surface area contributed by atoms with E-state index in [-0.39, 0.29) is 118 Å². The van der Waals surface area contributed by atoms with Crippen LogP contribution < -0.4 is 32.3 Å². The number of aromatic nitrogens is 1. The number of aryl methyl sites for hydroxylation is 1. The monoisotopic (exact) mass is 1180 g/mol. The SMILES string of the molecule is CCCN(CCC)C(=O)C1=Cc2ccc(C(=O)Nc3cncc(CCC(=O)[C@H](Cc4ccccc4)NC(=O)OCc4ccc(NC(=O)[C@H](CCCNC(=O)O)CC(=O)[C@@H](NC(=O)CCCCCN5C(=O)C=CC5=O)C(C)C)cc4)c3)cc2N=C(N)C1. The maximum Gasteiger partial charge on any atom is 0.408 e. The van der Waals surface area contributed by atoms with Crippen molar-refractivity contribution in [2.24, 2.45) is 22.6 Å². The van der Waals surface area contributed by atoms with E-state index in [0.717, 1.165) is 23.3 Å². The van der Waals surface area contributed by atoms with E-state index in [2.05, 4.69) is 36.6 Å². The molecule has 0 unspecified atom stereocenters. The molecule has 86 heavy (non-hydrogen) atoms. The third-order valence-corrected chi connectivity index (χ3v) is 14.4. The molecule has 0 spiro atoms. The standard InChI is InChI=1S/C64H78N10O12/c1-5-29-73(30-6-2)62(82)48-34-45-21-22-47(35-51(45)70-55(65)37-48)61(81)69-50-32-44(38-66-39-50)20-25-53(75)52(33-42-14-9-7-10-15-42)71-64(85)86-40-43-18-23-49(24-19-43)68-60(80)46(16-13-28-67-63(83)84)36-54(76)59(41(3)4)72-56(77)17-11-8-12-31-74-57(78)26-27-58(74)79/h7,9-10,14-15,18-19,21-24,26-27,32,34-35,38-39,41,46,52,59,67H,5-6,8,11-13,16-17,20,25,28-31,33,36-37,40H2,1-4H3,(H2,65,70)(H,68,80)(H,69,81)(H,71,85)(H,72,77)(H,83,84)/t46-,52+,59+/m1/s1. The highest BCUT2D eigenvalue weighted by Crippen LogP contribution is 2.29. The summed E-state index contributed by atoms with van der Waals surface area (Å²) in [5.41, 5.74) is 11.0. The van der Waals surface area contributed by atoms with Crippen LogP contribution in [-0.2, 0) is 57.7 Å². The van der Waals surface area contributed by atoms with Gasteiger partial charge in [-0.3, -0.25) is 48.2 Å².